The minimum absolute atomic E-state index is 0.00905. The summed E-state index contributed by atoms with van der Waals surface area (Å²) in [5.41, 5.74) is 0.714. The number of allylic oxidation sites excluding steroid dienone is 1. The van der Waals surface area contributed by atoms with E-state index in [0.29, 0.717) is 18.8 Å². The SMILES string of the molecule is COCCN1C(=O)CC(C(=O)O)=C1C. The highest BCUT2D eigenvalue weighted by Gasteiger charge is 2.30. The van der Waals surface area contributed by atoms with Crippen molar-refractivity contribution in [1.82, 2.24) is 4.90 Å². The van der Waals surface area contributed by atoms with Crippen molar-refractivity contribution in [2.75, 3.05) is 20.3 Å². The van der Waals surface area contributed by atoms with Gasteiger partial charge in [-0.15, -0.1) is 0 Å². The second-order valence-electron chi connectivity index (χ2n) is 3.08. The molecule has 0 saturated carbocycles. The molecule has 1 rings (SSSR count). The standard InChI is InChI=1S/C9H13NO4/c1-6-7(9(12)13)5-8(11)10(6)3-4-14-2/h3-5H2,1-2H3,(H,12,13). The second kappa shape index (κ2) is 4.23. The number of rotatable bonds is 4. The lowest BCUT2D eigenvalue weighted by Gasteiger charge is -2.16. The van der Waals surface area contributed by atoms with Crippen LogP contribution in [0.5, 0.6) is 0 Å². The average Bonchev–Trinajstić information content (AvgIpc) is 2.40. The maximum Gasteiger partial charge on any atom is 0.333 e. The zero-order valence-electron chi connectivity index (χ0n) is 8.24. The predicted octanol–water partition coefficient (Wildman–Crippen LogP) is 0.224. The summed E-state index contributed by atoms with van der Waals surface area (Å²) in [6.45, 7) is 2.47. The maximum absolute atomic E-state index is 11.4. The van der Waals surface area contributed by atoms with Gasteiger partial charge in [0.25, 0.3) is 0 Å². The van der Waals surface area contributed by atoms with Gasteiger partial charge in [-0.3, -0.25) is 4.79 Å². The fourth-order valence-corrected chi connectivity index (χ4v) is 1.43. The molecule has 5 heteroatoms. The molecule has 5 nitrogen and oxygen atoms in total. The minimum atomic E-state index is -1.02. The molecule has 1 heterocycles. The van der Waals surface area contributed by atoms with Crippen molar-refractivity contribution in [1.29, 1.82) is 0 Å². The lowest BCUT2D eigenvalue weighted by atomic mass is 10.2. The first kappa shape index (κ1) is 10.7. The van der Waals surface area contributed by atoms with E-state index in [1.165, 1.54) is 12.0 Å². The summed E-state index contributed by atoms with van der Waals surface area (Å²) in [4.78, 5) is 23.5. The van der Waals surface area contributed by atoms with Crippen molar-refractivity contribution < 1.29 is 19.4 Å². The first-order chi connectivity index (χ1) is 6.57. The molecular formula is C9H13NO4. The Morgan fingerprint density at radius 2 is 2.29 bits per heavy atom. The molecule has 0 aliphatic carbocycles. The lowest BCUT2D eigenvalue weighted by molar-refractivity contribution is -0.134. The molecule has 0 aromatic rings. The van der Waals surface area contributed by atoms with Gasteiger partial charge in [-0.2, -0.15) is 0 Å². The highest BCUT2D eigenvalue weighted by molar-refractivity contribution is 5.99. The van der Waals surface area contributed by atoms with Crippen LogP contribution in [0.2, 0.25) is 0 Å². The second-order valence-corrected chi connectivity index (χ2v) is 3.08. The molecule has 0 spiro atoms. The van der Waals surface area contributed by atoms with E-state index < -0.39 is 5.97 Å². The summed E-state index contributed by atoms with van der Waals surface area (Å²) in [6, 6.07) is 0. The number of hydrogen-bond acceptors (Lipinski definition) is 3. The Morgan fingerprint density at radius 3 is 2.71 bits per heavy atom. The van der Waals surface area contributed by atoms with Gasteiger partial charge in [0, 0.05) is 19.4 Å². The van der Waals surface area contributed by atoms with Gasteiger partial charge in [0.05, 0.1) is 18.6 Å². The number of carbonyl (C=O) groups excluding carboxylic acids is 1. The van der Waals surface area contributed by atoms with Crippen molar-refractivity contribution >= 4 is 11.9 Å². The number of carboxylic acid groups (broad SMARTS) is 1. The summed E-state index contributed by atoms with van der Waals surface area (Å²) in [5, 5.41) is 8.78. The van der Waals surface area contributed by atoms with Gasteiger partial charge in [-0.1, -0.05) is 0 Å². The van der Waals surface area contributed by atoms with E-state index in [9.17, 15) is 9.59 Å². The van der Waals surface area contributed by atoms with Gasteiger partial charge in [0.1, 0.15) is 0 Å². The number of carboxylic acids is 1. The number of ether oxygens (including phenoxy) is 1. The maximum atomic E-state index is 11.4. The summed E-state index contributed by atoms with van der Waals surface area (Å²) in [7, 11) is 1.54. The van der Waals surface area contributed by atoms with E-state index in [0.717, 1.165) is 0 Å². The van der Waals surface area contributed by atoms with Gasteiger partial charge in [-0.05, 0) is 6.92 Å². The number of methoxy groups -OCH3 is 1. The summed E-state index contributed by atoms with van der Waals surface area (Å²) in [5.74, 6) is -1.19. The van der Waals surface area contributed by atoms with E-state index in [1.54, 1.807) is 6.92 Å². The topological polar surface area (TPSA) is 66.8 Å². The molecule has 0 bridgehead atoms. The summed E-state index contributed by atoms with van der Waals surface area (Å²) in [6.07, 6.45) is -0.00905. The molecule has 1 N–H and O–H groups in total. The molecule has 0 aromatic heterocycles. The molecule has 0 unspecified atom stereocenters. The molecule has 0 saturated heterocycles. The van der Waals surface area contributed by atoms with E-state index in [1.807, 2.05) is 0 Å². The van der Waals surface area contributed by atoms with Crippen LogP contribution >= 0.6 is 0 Å². The Hall–Kier alpha value is -1.36. The molecule has 0 fully saturated rings. The fourth-order valence-electron chi connectivity index (χ4n) is 1.43. The van der Waals surface area contributed by atoms with Crippen molar-refractivity contribution in [2.45, 2.75) is 13.3 Å². The summed E-state index contributed by atoms with van der Waals surface area (Å²) < 4.78 is 4.83. The molecule has 0 radical (unpaired) electrons. The third-order valence-corrected chi connectivity index (χ3v) is 2.25. The summed E-state index contributed by atoms with van der Waals surface area (Å²) >= 11 is 0. The molecule has 1 aliphatic rings. The Morgan fingerprint density at radius 1 is 1.64 bits per heavy atom. The third kappa shape index (κ3) is 1.93. The van der Waals surface area contributed by atoms with Crippen LogP contribution in [0.15, 0.2) is 11.3 Å². The Bertz CT molecular complexity index is 295. The van der Waals surface area contributed by atoms with Crippen LogP contribution in [0.1, 0.15) is 13.3 Å². The average molecular weight is 199 g/mol. The lowest BCUT2D eigenvalue weighted by Crippen LogP contribution is -2.27. The largest absolute Gasteiger partial charge is 0.478 e. The Kier molecular flexibility index (Phi) is 3.24. The first-order valence-electron chi connectivity index (χ1n) is 4.30. The van der Waals surface area contributed by atoms with Gasteiger partial charge in [-0.25, -0.2) is 4.79 Å². The Labute approximate surface area is 82.0 Å². The zero-order chi connectivity index (χ0) is 10.7. The predicted molar refractivity (Wildman–Crippen MR) is 48.5 cm³/mol. The number of carbonyl (C=O) groups is 2. The van der Waals surface area contributed by atoms with E-state index >= 15 is 0 Å². The molecule has 14 heavy (non-hydrogen) atoms. The molecule has 1 aliphatic heterocycles. The van der Waals surface area contributed by atoms with Crippen LogP contribution in [-0.4, -0.2) is 42.1 Å². The van der Waals surface area contributed by atoms with E-state index in [2.05, 4.69) is 0 Å². The van der Waals surface area contributed by atoms with Crippen LogP contribution in [0.4, 0.5) is 0 Å². The number of hydrogen-bond donors (Lipinski definition) is 1. The highest BCUT2D eigenvalue weighted by atomic mass is 16.5. The molecule has 0 aromatic carbocycles. The van der Waals surface area contributed by atoms with Gasteiger partial charge >= 0.3 is 5.97 Å². The zero-order valence-corrected chi connectivity index (χ0v) is 8.24. The minimum Gasteiger partial charge on any atom is -0.478 e. The highest BCUT2D eigenvalue weighted by Crippen LogP contribution is 2.23. The number of aliphatic carboxylic acids is 1. The van der Waals surface area contributed by atoms with Gasteiger partial charge < -0.3 is 14.7 Å². The smallest absolute Gasteiger partial charge is 0.333 e. The van der Waals surface area contributed by atoms with Crippen LogP contribution in [-0.2, 0) is 14.3 Å². The molecular weight excluding hydrogens is 186 g/mol. The van der Waals surface area contributed by atoms with Crippen molar-refractivity contribution in [2.24, 2.45) is 0 Å². The van der Waals surface area contributed by atoms with Crippen LogP contribution in [0, 0.1) is 0 Å². The number of nitrogens with zero attached hydrogens (tertiary/aromatic N) is 1. The van der Waals surface area contributed by atoms with E-state index in [-0.39, 0.29) is 17.9 Å². The van der Waals surface area contributed by atoms with Crippen molar-refractivity contribution in [3.63, 3.8) is 0 Å². The fraction of sp³-hybridized carbons (Fsp3) is 0.556. The quantitative estimate of drug-likeness (QED) is 0.703. The molecule has 1 amide bonds. The third-order valence-electron chi connectivity index (χ3n) is 2.25. The van der Waals surface area contributed by atoms with Crippen molar-refractivity contribution in [3.8, 4) is 0 Å². The van der Waals surface area contributed by atoms with Gasteiger partial charge in [0.2, 0.25) is 5.91 Å². The van der Waals surface area contributed by atoms with Crippen molar-refractivity contribution in [3.05, 3.63) is 11.3 Å². The monoisotopic (exact) mass is 199 g/mol. The van der Waals surface area contributed by atoms with Crippen LogP contribution < -0.4 is 0 Å². The van der Waals surface area contributed by atoms with Crippen LogP contribution in [0.25, 0.3) is 0 Å². The van der Waals surface area contributed by atoms with Gasteiger partial charge in [0.15, 0.2) is 0 Å². The molecule has 78 valence electrons. The normalized spacial score (nSPS) is 16.7. The number of amides is 1. The van der Waals surface area contributed by atoms with Crippen LogP contribution in [0.3, 0.4) is 0 Å². The molecule has 0 atom stereocenters. The van der Waals surface area contributed by atoms with E-state index in [4.69, 9.17) is 9.84 Å². The first-order valence-corrected chi connectivity index (χ1v) is 4.30. The Balaban J connectivity index is 2.76.